The van der Waals surface area contributed by atoms with E-state index in [1.807, 2.05) is 12.1 Å². The van der Waals surface area contributed by atoms with Crippen molar-refractivity contribution in [2.45, 2.75) is 11.4 Å². The summed E-state index contributed by atoms with van der Waals surface area (Å²) in [6.45, 7) is 0.432. The van der Waals surface area contributed by atoms with E-state index in [-0.39, 0.29) is 10.6 Å². The van der Waals surface area contributed by atoms with E-state index < -0.39 is 14.9 Å². The molecule has 1 heterocycles. The van der Waals surface area contributed by atoms with Gasteiger partial charge in [0, 0.05) is 32.1 Å². The van der Waals surface area contributed by atoms with Crippen LogP contribution in [0.15, 0.2) is 47.6 Å². The monoisotopic (exact) mass is 336 g/mol. The van der Waals surface area contributed by atoms with Gasteiger partial charge in [-0.25, -0.2) is 13.1 Å². The van der Waals surface area contributed by atoms with Crippen molar-refractivity contribution in [1.82, 2.24) is 9.71 Å². The van der Waals surface area contributed by atoms with E-state index in [2.05, 4.69) is 9.71 Å². The molecule has 0 spiro atoms. The molecule has 1 aromatic heterocycles. The molecule has 0 amide bonds. The number of pyridine rings is 1. The van der Waals surface area contributed by atoms with Crippen molar-refractivity contribution < 1.29 is 13.3 Å². The number of nitrogens with zero attached hydrogens (tertiary/aromatic N) is 3. The summed E-state index contributed by atoms with van der Waals surface area (Å²) in [5.74, 6) is 0. The molecule has 0 saturated carbocycles. The Hall–Kier alpha value is -2.52. The van der Waals surface area contributed by atoms with Gasteiger partial charge in [-0.05, 0) is 36.9 Å². The van der Waals surface area contributed by atoms with E-state index in [0.717, 1.165) is 11.6 Å². The van der Waals surface area contributed by atoms with Crippen molar-refractivity contribution in [2.24, 2.45) is 0 Å². The second-order valence-corrected chi connectivity index (χ2v) is 6.71. The zero-order valence-corrected chi connectivity index (χ0v) is 13.4. The van der Waals surface area contributed by atoms with Crippen molar-refractivity contribution in [2.75, 3.05) is 19.0 Å². The molecule has 0 unspecified atom stereocenters. The Bertz CT molecular complexity index is 809. The summed E-state index contributed by atoms with van der Waals surface area (Å²) in [6, 6.07) is 7.45. The minimum absolute atomic E-state index is 0.146. The summed E-state index contributed by atoms with van der Waals surface area (Å²) in [5.41, 5.74) is 1.00. The topological polar surface area (TPSA) is 105 Å². The third kappa shape index (κ3) is 3.82. The smallest absolute Gasteiger partial charge is 0.293 e. The average molecular weight is 336 g/mol. The Morgan fingerprint density at radius 1 is 1.26 bits per heavy atom. The summed E-state index contributed by atoms with van der Waals surface area (Å²) in [4.78, 5) is 16.2. The molecule has 0 aliphatic rings. The van der Waals surface area contributed by atoms with Gasteiger partial charge in [-0.2, -0.15) is 0 Å². The van der Waals surface area contributed by atoms with Gasteiger partial charge < -0.3 is 4.90 Å². The first-order valence-electron chi connectivity index (χ1n) is 6.67. The lowest BCUT2D eigenvalue weighted by Crippen LogP contribution is -2.20. The maximum Gasteiger partial charge on any atom is 0.293 e. The minimum atomic E-state index is -3.74. The van der Waals surface area contributed by atoms with Crippen LogP contribution in [0.5, 0.6) is 0 Å². The number of nitro groups is 1. The van der Waals surface area contributed by atoms with Crippen molar-refractivity contribution >= 4 is 21.4 Å². The van der Waals surface area contributed by atoms with Crippen molar-refractivity contribution in [3.8, 4) is 0 Å². The number of benzene rings is 1. The molecule has 0 fully saturated rings. The molecule has 0 aliphatic carbocycles. The van der Waals surface area contributed by atoms with E-state index in [0.29, 0.717) is 12.2 Å². The molecule has 9 heteroatoms. The van der Waals surface area contributed by atoms with E-state index in [9.17, 15) is 18.5 Å². The van der Waals surface area contributed by atoms with E-state index in [1.54, 1.807) is 24.3 Å². The predicted octanol–water partition coefficient (Wildman–Crippen LogP) is 1.53. The van der Waals surface area contributed by atoms with Gasteiger partial charge in [0.2, 0.25) is 10.0 Å². The summed E-state index contributed by atoms with van der Waals surface area (Å²) in [6.07, 6.45) is 3.28. The SMILES string of the molecule is CNS(=O)(=O)c1ccc(N(C)Cc2ccncc2)c([N+](=O)[O-])c1. The van der Waals surface area contributed by atoms with Crippen LogP contribution in [0.1, 0.15) is 5.56 Å². The van der Waals surface area contributed by atoms with Gasteiger partial charge in [0.15, 0.2) is 0 Å². The number of aromatic nitrogens is 1. The first-order valence-corrected chi connectivity index (χ1v) is 8.15. The molecular formula is C14H16N4O4S. The van der Waals surface area contributed by atoms with Crippen molar-refractivity contribution in [1.29, 1.82) is 0 Å². The van der Waals surface area contributed by atoms with Gasteiger partial charge in [-0.3, -0.25) is 15.1 Å². The van der Waals surface area contributed by atoms with E-state index in [4.69, 9.17) is 0 Å². The Morgan fingerprint density at radius 3 is 2.48 bits per heavy atom. The summed E-state index contributed by atoms with van der Waals surface area (Å²) in [5, 5.41) is 11.3. The highest BCUT2D eigenvalue weighted by atomic mass is 32.2. The maximum atomic E-state index is 11.8. The fourth-order valence-corrected chi connectivity index (χ4v) is 2.85. The highest BCUT2D eigenvalue weighted by Gasteiger charge is 2.22. The molecule has 1 aromatic carbocycles. The third-order valence-electron chi connectivity index (χ3n) is 3.30. The summed E-state index contributed by atoms with van der Waals surface area (Å²) in [7, 11) is -0.779. The van der Waals surface area contributed by atoms with Crippen LogP contribution >= 0.6 is 0 Å². The molecule has 122 valence electrons. The number of hydrogen-bond donors (Lipinski definition) is 1. The molecule has 1 N–H and O–H groups in total. The van der Waals surface area contributed by atoms with Crippen LogP contribution in [0.3, 0.4) is 0 Å². The van der Waals surface area contributed by atoms with Gasteiger partial charge in [-0.15, -0.1) is 0 Å². The van der Waals surface area contributed by atoms with Crippen LogP contribution in [-0.4, -0.2) is 32.4 Å². The Morgan fingerprint density at radius 2 is 1.91 bits per heavy atom. The van der Waals surface area contributed by atoms with Gasteiger partial charge >= 0.3 is 0 Å². The Balaban J connectivity index is 2.40. The maximum absolute atomic E-state index is 11.8. The number of anilines is 1. The first kappa shape index (κ1) is 16.8. The molecule has 0 bridgehead atoms. The lowest BCUT2D eigenvalue weighted by atomic mass is 10.2. The quantitative estimate of drug-likeness (QED) is 0.633. The highest BCUT2D eigenvalue weighted by molar-refractivity contribution is 7.89. The van der Waals surface area contributed by atoms with E-state index in [1.165, 1.54) is 19.2 Å². The molecule has 2 aromatic rings. The number of nitrogens with one attached hydrogen (secondary N) is 1. The minimum Gasteiger partial charge on any atom is -0.365 e. The second-order valence-electron chi connectivity index (χ2n) is 4.83. The van der Waals surface area contributed by atoms with Crippen LogP contribution in [0, 0.1) is 10.1 Å². The normalized spacial score (nSPS) is 11.2. The number of rotatable bonds is 6. The van der Waals surface area contributed by atoms with Crippen LogP contribution in [0.25, 0.3) is 0 Å². The highest BCUT2D eigenvalue weighted by Crippen LogP contribution is 2.30. The van der Waals surface area contributed by atoms with Gasteiger partial charge in [0.05, 0.1) is 9.82 Å². The summed E-state index contributed by atoms with van der Waals surface area (Å²) < 4.78 is 25.7. The zero-order chi connectivity index (χ0) is 17.0. The number of sulfonamides is 1. The van der Waals surface area contributed by atoms with Crippen LogP contribution in [0.2, 0.25) is 0 Å². The zero-order valence-electron chi connectivity index (χ0n) is 12.6. The summed E-state index contributed by atoms with van der Waals surface area (Å²) >= 11 is 0. The van der Waals surface area contributed by atoms with Gasteiger partial charge in [0.25, 0.3) is 5.69 Å². The largest absolute Gasteiger partial charge is 0.365 e. The Labute approximate surface area is 134 Å². The van der Waals surface area contributed by atoms with Crippen LogP contribution in [0.4, 0.5) is 11.4 Å². The number of nitro benzene ring substituents is 1. The van der Waals surface area contributed by atoms with Crippen molar-refractivity contribution in [3.05, 3.63) is 58.4 Å². The molecule has 0 aliphatic heterocycles. The molecule has 0 radical (unpaired) electrons. The predicted molar refractivity (Wildman–Crippen MR) is 85.7 cm³/mol. The average Bonchev–Trinajstić information content (AvgIpc) is 2.55. The second kappa shape index (κ2) is 6.71. The fraction of sp³-hybridized carbons (Fsp3) is 0.214. The third-order valence-corrected chi connectivity index (χ3v) is 4.71. The van der Waals surface area contributed by atoms with Gasteiger partial charge in [0.1, 0.15) is 5.69 Å². The van der Waals surface area contributed by atoms with Crippen LogP contribution < -0.4 is 9.62 Å². The fourth-order valence-electron chi connectivity index (χ4n) is 2.10. The molecule has 0 atom stereocenters. The van der Waals surface area contributed by atoms with E-state index >= 15 is 0 Å². The molecule has 2 rings (SSSR count). The number of hydrogen-bond acceptors (Lipinski definition) is 6. The van der Waals surface area contributed by atoms with Gasteiger partial charge in [-0.1, -0.05) is 0 Å². The standard InChI is InChI=1S/C14H16N4O4S/c1-15-23(21,22)12-3-4-13(14(9-12)18(19)20)17(2)10-11-5-7-16-8-6-11/h3-9,15H,10H2,1-2H3. The van der Waals surface area contributed by atoms with Crippen LogP contribution in [-0.2, 0) is 16.6 Å². The lowest BCUT2D eigenvalue weighted by molar-refractivity contribution is -0.384. The Kier molecular flexibility index (Phi) is 4.92. The first-order chi connectivity index (χ1) is 10.8. The van der Waals surface area contributed by atoms with Crippen molar-refractivity contribution in [3.63, 3.8) is 0 Å². The molecular weight excluding hydrogens is 320 g/mol. The lowest BCUT2D eigenvalue weighted by Gasteiger charge is -2.19. The molecule has 8 nitrogen and oxygen atoms in total. The molecule has 23 heavy (non-hydrogen) atoms. The molecule has 0 saturated heterocycles.